The molecule has 0 spiro atoms. The van der Waals surface area contributed by atoms with E-state index >= 15 is 0 Å². The third kappa shape index (κ3) is 4.34. The molecule has 1 aliphatic rings. The number of carbonyl (C=O) groups excluding carboxylic acids is 1. The molecule has 1 aliphatic carbocycles. The van der Waals surface area contributed by atoms with Gasteiger partial charge in [0.2, 0.25) is 0 Å². The molecule has 6 nitrogen and oxygen atoms in total. The van der Waals surface area contributed by atoms with Crippen molar-refractivity contribution in [3.05, 3.63) is 38.8 Å². The molecule has 0 unspecified atom stereocenters. The van der Waals surface area contributed by atoms with E-state index in [-0.39, 0.29) is 16.7 Å². The smallest absolute Gasteiger partial charge is 0.341 e. The van der Waals surface area contributed by atoms with Gasteiger partial charge in [0, 0.05) is 11.6 Å². The minimum Gasteiger partial charge on any atom is -0.480 e. The molecule has 1 saturated carbocycles. The Balaban J connectivity index is 1.69. The predicted molar refractivity (Wildman–Crippen MR) is 101 cm³/mol. The summed E-state index contributed by atoms with van der Waals surface area (Å²) >= 11 is 7.54. The highest BCUT2D eigenvalue weighted by Crippen LogP contribution is 2.37. The zero-order chi connectivity index (χ0) is 18.7. The van der Waals surface area contributed by atoms with Crippen molar-refractivity contribution in [2.24, 2.45) is 0 Å². The first-order chi connectivity index (χ1) is 12.4. The lowest BCUT2D eigenvalue weighted by atomic mass is 10.1. The van der Waals surface area contributed by atoms with Crippen molar-refractivity contribution in [3.63, 3.8) is 0 Å². The van der Waals surface area contributed by atoms with Gasteiger partial charge < -0.3 is 15.2 Å². The molecule has 1 amide bonds. The van der Waals surface area contributed by atoms with E-state index in [2.05, 4.69) is 10.3 Å². The van der Waals surface area contributed by atoms with Crippen LogP contribution in [0.4, 0.5) is 5.69 Å². The second kappa shape index (κ2) is 8.05. The summed E-state index contributed by atoms with van der Waals surface area (Å²) in [4.78, 5) is 28.3. The fraction of sp³-hybridized carbons (Fsp3) is 0.389. The summed E-state index contributed by atoms with van der Waals surface area (Å²) in [6, 6.07) is 4.68. The topological polar surface area (TPSA) is 88.5 Å². The maximum atomic E-state index is 12.6. The average Bonchev–Trinajstić information content (AvgIpc) is 3.23. The van der Waals surface area contributed by atoms with Crippen molar-refractivity contribution in [2.45, 2.75) is 38.5 Å². The van der Waals surface area contributed by atoms with Gasteiger partial charge in [0.05, 0.1) is 15.7 Å². The molecule has 1 aromatic carbocycles. The van der Waals surface area contributed by atoms with Crippen molar-refractivity contribution in [3.8, 4) is 5.75 Å². The van der Waals surface area contributed by atoms with Crippen molar-refractivity contribution in [2.75, 3.05) is 11.9 Å². The van der Waals surface area contributed by atoms with Crippen molar-refractivity contribution in [1.29, 1.82) is 0 Å². The lowest BCUT2D eigenvalue weighted by Gasteiger charge is -2.09. The molecule has 0 atom stereocenters. The fourth-order valence-corrected chi connectivity index (χ4v) is 4.36. The zero-order valence-electron chi connectivity index (χ0n) is 14.3. The lowest BCUT2D eigenvalue weighted by molar-refractivity contribution is -0.139. The van der Waals surface area contributed by atoms with E-state index in [1.165, 1.54) is 36.3 Å². The summed E-state index contributed by atoms with van der Waals surface area (Å²) in [7, 11) is 0. The van der Waals surface area contributed by atoms with E-state index in [1.54, 1.807) is 6.07 Å². The summed E-state index contributed by atoms with van der Waals surface area (Å²) in [6.45, 7) is 1.37. The van der Waals surface area contributed by atoms with Gasteiger partial charge in [-0.1, -0.05) is 24.4 Å². The van der Waals surface area contributed by atoms with Crippen LogP contribution >= 0.6 is 22.9 Å². The van der Waals surface area contributed by atoms with Crippen molar-refractivity contribution < 1.29 is 19.4 Å². The number of thiazole rings is 1. The minimum absolute atomic E-state index is 0.223. The summed E-state index contributed by atoms with van der Waals surface area (Å²) in [5.41, 5.74) is 1.25. The number of hydrogen-bond donors (Lipinski definition) is 2. The van der Waals surface area contributed by atoms with Crippen LogP contribution in [-0.2, 0) is 4.79 Å². The Labute approximate surface area is 160 Å². The minimum atomic E-state index is -1.09. The Hall–Kier alpha value is -2.12. The van der Waals surface area contributed by atoms with E-state index in [4.69, 9.17) is 21.4 Å². The van der Waals surface area contributed by atoms with Crippen LogP contribution in [0.2, 0.25) is 5.02 Å². The van der Waals surface area contributed by atoms with E-state index in [1.807, 2.05) is 6.92 Å². The molecule has 1 aromatic heterocycles. The molecule has 2 N–H and O–H groups in total. The van der Waals surface area contributed by atoms with E-state index in [0.29, 0.717) is 16.5 Å². The number of rotatable bonds is 6. The first-order valence-electron chi connectivity index (χ1n) is 8.37. The molecule has 26 heavy (non-hydrogen) atoms. The second-order valence-corrected chi connectivity index (χ2v) is 7.67. The molecular weight excluding hydrogens is 376 g/mol. The van der Waals surface area contributed by atoms with Gasteiger partial charge in [-0.2, -0.15) is 0 Å². The van der Waals surface area contributed by atoms with Crippen LogP contribution in [0, 0.1) is 6.92 Å². The third-order valence-electron chi connectivity index (χ3n) is 4.26. The van der Waals surface area contributed by atoms with Gasteiger partial charge in [0.1, 0.15) is 10.6 Å². The van der Waals surface area contributed by atoms with Gasteiger partial charge in [-0.05, 0) is 38.0 Å². The Morgan fingerprint density at radius 3 is 2.77 bits per heavy atom. The number of amides is 1. The van der Waals surface area contributed by atoms with E-state index < -0.39 is 12.6 Å². The standard InChI is InChI=1S/C18H19ClN2O4S/c1-10-16(26-18(20-10)11-4-2-3-5-11)17(24)21-12-6-7-14(13(19)8-12)25-9-15(22)23/h6-8,11H,2-5,9H2,1H3,(H,21,24)(H,22,23). The average molecular weight is 395 g/mol. The van der Waals surface area contributed by atoms with E-state index in [9.17, 15) is 9.59 Å². The van der Waals surface area contributed by atoms with Gasteiger partial charge in [-0.3, -0.25) is 4.79 Å². The number of carbonyl (C=O) groups is 2. The number of ether oxygens (including phenoxy) is 1. The number of benzene rings is 1. The molecule has 0 aliphatic heterocycles. The van der Waals surface area contributed by atoms with E-state index in [0.717, 1.165) is 23.5 Å². The number of nitrogens with zero attached hydrogens (tertiary/aromatic N) is 1. The molecule has 0 saturated heterocycles. The molecule has 8 heteroatoms. The number of carboxylic acid groups (broad SMARTS) is 1. The van der Waals surface area contributed by atoms with Crippen LogP contribution in [0.25, 0.3) is 0 Å². The number of hydrogen-bond acceptors (Lipinski definition) is 5. The summed E-state index contributed by atoms with van der Waals surface area (Å²) in [6.07, 6.45) is 4.72. The highest BCUT2D eigenvalue weighted by molar-refractivity contribution is 7.14. The summed E-state index contributed by atoms with van der Waals surface area (Å²) < 4.78 is 5.07. The number of halogens is 1. The summed E-state index contributed by atoms with van der Waals surface area (Å²) in [5, 5.41) is 12.7. The van der Waals surface area contributed by atoms with Crippen LogP contribution in [-0.4, -0.2) is 28.6 Å². The van der Waals surface area contributed by atoms with Gasteiger partial charge >= 0.3 is 5.97 Å². The normalized spacial score (nSPS) is 14.4. The molecule has 138 valence electrons. The Bertz CT molecular complexity index is 831. The van der Waals surface area contributed by atoms with Gasteiger partial charge in [-0.25, -0.2) is 9.78 Å². The number of aromatic nitrogens is 1. The largest absolute Gasteiger partial charge is 0.480 e. The SMILES string of the molecule is Cc1nc(C2CCCC2)sc1C(=O)Nc1ccc(OCC(=O)O)c(Cl)c1. The lowest BCUT2D eigenvalue weighted by Crippen LogP contribution is -2.12. The first kappa shape index (κ1) is 18.7. The number of aryl methyl sites for hydroxylation is 1. The number of nitrogens with one attached hydrogen (secondary N) is 1. The molecule has 1 heterocycles. The third-order valence-corrected chi connectivity index (χ3v) is 5.88. The monoisotopic (exact) mass is 394 g/mol. The molecule has 1 fully saturated rings. The highest BCUT2D eigenvalue weighted by Gasteiger charge is 2.24. The first-order valence-corrected chi connectivity index (χ1v) is 9.56. The number of aliphatic carboxylic acids is 1. The van der Waals surface area contributed by atoms with Crippen LogP contribution in [0.1, 0.15) is 52.0 Å². The van der Waals surface area contributed by atoms with Crippen LogP contribution in [0.3, 0.4) is 0 Å². The zero-order valence-corrected chi connectivity index (χ0v) is 15.8. The highest BCUT2D eigenvalue weighted by atomic mass is 35.5. The molecule has 0 radical (unpaired) electrons. The molecule has 3 rings (SSSR count). The maximum Gasteiger partial charge on any atom is 0.341 e. The molecule has 2 aromatic rings. The Morgan fingerprint density at radius 2 is 2.12 bits per heavy atom. The van der Waals surface area contributed by atoms with Gasteiger partial charge in [0.25, 0.3) is 5.91 Å². The number of carboxylic acids is 1. The van der Waals surface area contributed by atoms with Crippen molar-refractivity contribution in [1.82, 2.24) is 4.98 Å². The maximum absolute atomic E-state index is 12.6. The van der Waals surface area contributed by atoms with Gasteiger partial charge in [-0.15, -0.1) is 11.3 Å². The fourth-order valence-electron chi connectivity index (χ4n) is 3.00. The molecular formula is C18H19ClN2O4S. The number of anilines is 1. The summed E-state index contributed by atoms with van der Waals surface area (Å²) in [5.74, 6) is -0.582. The van der Waals surface area contributed by atoms with Crippen molar-refractivity contribution >= 4 is 40.5 Å². The predicted octanol–water partition coefficient (Wildman–Crippen LogP) is 4.48. The van der Waals surface area contributed by atoms with Gasteiger partial charge in [0.15, 0.2) is 6.61 Å². The van der Waals surface area contributed by atoms with Crippen LogP contribution in [0.5, 0.6) is 5.75 Å². The molecule has 0 bridgehead atoms. The Morgan fingerprint density at radius 1 is 1.38 bits per heavy atom. The second-order valence-electron chi connectivity index (χ2n) is 6.23. The van der Waals surface area contributed by atoms with Crippen LogP contribution < -0.4 is 10.1 Å². The van der Waals surface area contributed by atoms with Crippen LogP contribution in [0.15, 0.2) is 18.2 Å². The Kier molecular flexibility index (Phi) is 5.78. The quantitative estimate of drug-likeness (QED) is 0.754.